The number of amides is 7. The maximum atomic E-state index is 15.0. The van der Waals surface area contributed by atoms with Crippen molar-refractivity contribution in [2.24, 2.45) is 29.6 Å². The van der Waals surface area contributed by atoms with Crippen LogP contribution in [0.25, 0.3) is 0 Å². The number of esters is 2. The van der Waals surface area contributed by atoms with E-state index in [1.807, 2.05) is 27.7 Å². The van der Waals surface area contributed by atoms with E-state index in [1.165, 1.54) is 54.7 Å². The lowest BCUT2D eigenvalue weighted by molar-refractivity contribution is -0.163. The Hall–Kier alpha value is -6.38. The van der Waals surface area contributed by atoms with Gasteiger partial charge in [-0.25, -0.2) is 4.79 Å². The average molecular weight is 1110 g/mol. The van der Waals surface area contributed by atoms with Gasteiger partial charge in [-0.1, -0.05) is 80.5 Å². The molecule has 0 aliphatic carbocycles. The van der Waals surface area contributed by atoms with Crippen molar-refractivity contribution in [1.82, 2.24) is 35.6 Å². The summed E-state index contributed by atoms with van der Waals surface area (Å²) in [6.45, 7) is 22.6. The molecule has 4 rings (SSSR count). The Kier molecular flexibility index (Phi) is 24.1. The zero-order valence-corrected chi connectivity index (χ0v) is 49.0. The number of ketones is 1. The number of hydrogen-bond donors (Lipinski definition) is 4. The Morgan fingerprint density at radius 2 is 1.52 bits per heavy atom. The smallest absolute Gasteiger partial charge is 0.329 e. The molecule has 0 radical (unpaired) electrons. The highest BCUT2D eigenvalue weighted by Gasteiger charge is 2.46. The number of carbonyl (C=O) groups excluding carboxylic acids is 10. The second-order valence-corrected chi connectivity index (χ2v) is 23.0. The molecule has 21 heteroatoms. The third-order valence-corrected chi connectivity index (χ3v) is 15.5. The fourth-order valence-electron chi connectivity index (χ4n) is 10.5. The third-order valence-electron chi connectivity index (χ3n) is 15.5. The standard InChI is InChI=1S/C58H89N7O14/c1-16-35(10)47-45(66)30-46(67)79-50(33(6)7)49(68)36(11)51(69)59-40(27-31(2)3)55(73)65-26-18-20-42(65)57(75)63(14)44(29-38-21-23-39(77-15)24-22-38)58(76)78-37(12)48(53(71)60-47)61-52(70)43(28-32(4)5)62(13)56(74)41-19-17-25-64(41)54(72)34(8)9/h21-24,31-33,35-37,40-45,47-48,50,66H,8,16-20,25-30H2,1-7,9-15H3,(H,59,69)(H,60,71)(H,61,70)/t35-,36-,37+,40-,41-,42-,43+,44-,45-,47+,48-,50-/m0/s1. The fourth-order valence-corrected chi connectivity index (χ4v) is 10.5. The molecular weight excluding hydrogens is 1020 g/mol. The SMILES string of the molecule is C=C(C)C(=O)N1CCC[C@H]1C(=O)N(C)[C@H](CC(C)C)C(=O)N[C@@H]1C(=O)N[C@H]([C@@H](C)CC)[C@@H](O)CC(=O)O[C@@H](C(C)C)C(=O)[C@H](C)C(=O)N[C@@H](CC(C)C)C(=O)N2CCC[C@H]2C(=O)N(C)[C@@H](Cc2ccc(OC)cc2)C(=O)O[C@@H]1C. The summed E-state index contributed by atoms with van der Waals surface area (Å²) in [5, 5.41) is 20.2. The normalized spacial score (nSPS) is 27.2. The Labute approximate surface area is 466 Å². The molecule has 3 fully saturated rings. The van der Waals surface area contributed by atoms with Crippen molar-refractivity contribution in [3.63, 3.8) is 0 Å². The molecule has 1 aromatic carbocycles. The number of benzene rings is 1. The van der Waals surface area contributed by atoms with Crippen LogP contribution in [0.15, 0.2) is 36.4 Å². The summed E-state index contributed by atoms with van der Waals surface area (Å²) in [6, 6.07) is -1.96. The number of Topliss-reactive ketones (excluding diaryl/α,β-unsaturated/α-hetero) is 1. The second-order valence-electron chi connectivity index (χ2n) is 23.0. The zero-order chi connectivity index (χ0) is 59.3. The van der Waals surface area contributed by atoms with Crippen molar-refractivity contribution < 1.29 is 67.3 Å². The number of carbonyl (C=O) groups is 10. The van der Waals surface area contributed by atoms with Crippen LogP contribution in [0, 0.1) is 29.6 Å². The zero-order valence-electron chi connectivity index (χ0n) is 49.0. The molecule has 1 aromatic rings. The number of rotatable bonds is 15. The summed E-state index contributed by atoms with van der Waals surface area (Å²) in [6.07, 6.45) is -3.36. The van der Waals surface area contributed by atoms with E-state index >= 15 is 4.79 Å². The lowest BCUT2D eigenvalue weighted by Crippen LogP contribution is -2.62. The summed E-state index contributed by atoms with van der Waals surface area (Å²) in [4.78, 5) is 149. The van der Waals surface area contributed by atoms with Gasteiger partial charge in [-0.3, -0.25) is 43.2 Å². The van der Waals surface area contributed by atoms with Gasteiger partial charge in [0.2, 0.25) is 41.4 Å². The molecule has 0 bridgehead atoms. The van der Waals surface area contributed by atoms with E-state index in [2.05, 4.69) is 22.5 Å². The lowest BCUT2D eigenvalue weighted by Gasteiger charge is -2.36. The van der Waals surface area contributed by atoms with Gasteiger partial charge >= 0.3 is 11.9 Å². The molecule has 0 spiro atoms. The van der Waals surface area contributed by atoms with E-state index in [1.54, 1.807) is 58.9 Å². The van der Waals surface area contributed by atoms with Crippen LogP contribution in [0.1, 0.15) is 133 Å². The van der Waals surface area contributed by atoms with E-state index < -0.39 is 144 Å². The molecule has 440 valence electrons. The first-order chi connectivity index (χ1) is 37.0. The molecule has 4 N–H and O–H groups in total. The summed E-state index contributed by atoms with van der Waals surface area (Å²) < 4.78 is 17.3. The molecule has 0 aromatic heterocycles. The quantitative estimate of drug-likeness (QED) is 0.111. The Balaban J connectivity index is 1.89. The Morgan fingerprint density at radius 1 is 0.886 bits per heavy atom. The predicted octanol–water partition coefficient (Wildman–Crippen LogP) is 3.51. The summed E-state index contributed by atoms with van der Waals surface area (Å²) in [5.74, 6) is -9.78. The van der Waals surface area contributed by atoms with E-state index in [0.29, 0.717) is 43.5 Å². The van der Waals surface area contributed by atoms with Crippen molar-refractivity contribution >= 4 is 59.1 Å². The minimum atomic E-state index is -1.74. The maximum absolute atomic E-state index is 15.0. The maximum Gasteiger partial charge on any atom is 0.329 e. The summed E-state index contributed by atoms with van der Waals surface area (Å²) >= 11 is 0. The first-order valence-electron chi connectivity index (χ1n) is 28.0. The first kappa shape index (κ1) is 65.1. The molecule has 7 amide bonds. The highest BCUT2D eigenvalue weighted by Crippen LogP contribution is 2.27. The molecule has 12 atom stereocenters. The number of fused-ring (bicyclic) bond motifs is 1. The number of aliphatic hydroxyl groups excluding tert-OH is 1. The molecule has 79 heavy (non-hydrogen) atoms. The number of aliphatic hydroxyl groups is 1. The molecule has 3 saturated heterocycles. The van der Waals surface area contributed by atoms with Gasteiger partial charge in [0.25, 0.3) is 0 Å². The van der Waals surface area contributed by atoms with Crippen molar-refractivity contribution in [2.75, 3.05) is 34.3 Å². The number of hydrogen-bond acceptors (Lipinski definition) is 14. The Bertz CT molecular complexity index is 2380. The molecule has 0 saturated carbocycles. The van der Waals surface area contributed by atoms with Crippen LogP contribution >= 0.6 is 0 Å². The van der Waals surface area contributed by atoms with Gasteiger partial charge in [-0.2, -0.15) is 0 Å². The molecular formula is C58H89N7O14. The number of methoxy groups -OCH3 is 1. The lowest BCUT2D eigenvalue weighted by atomic mass is 9.91. The van der Waals surface area contributed by atoms with Crippen LogP contribution < -0.4 is 20.7 Å². The minimum absolute atomic E-state index is 0.104. The molecule has 3 aliphatic heterocycles. The highest BCUT2D eigenvalue weighted by molar-refractivity contribution is 6.05. The monoisotopic (exact) mass is 1110 g/mol. The van der Waals surface area contributed by atoms with E-state index in [0.717, 1.165) is 0 Å². The van der Waals surface area contributed by atoms with Gasteiger partial charge < -0.3 is 54.9 Å². The van der Waals surface area contributed by atoms with Crippen LogP contribution in [0.4, 0.5) is 0 Å². The van der Waals surface area contributed by atoms with Gasteiger partial charge in [0.05, 0.1) is 31.6 Å². The minimum Gasteiger partial charge on any atom is -0.497 e. The molecule has 0 unspecified atom stereocenters. The van der Waals surface area contributed by atoms with E-state index in [9.17, 15) is 48.3 Å². The largest absolute Gasteiger partial charge is 0.497 e. The van der Waals surface area contributed by atoms with Crippen LogP contribution in [0.2, 0.25) is 0 Å². The summed E-state index contributed by atoms with van der Waals surface area (Å²) in [7, 11) is 4.35. The number of nitrogens with one attached hydrogen (secondary N) is 3. The first-order valence-corrected chi connectivity index (χ1v) is 28.0. The van der Waals surface area contributed by atoms with Crippen molar-refractivity contribution in [2.45, 2.75) is 195 Å². The van der Waals surface area contributed by atoms with Crippen LogP contribution in [-0.2, 0) is 63.8 Å². The van der Waals surface area contributed by atoms with E-state index in [4.69, 9.17) is 14.2 Å². The van der Waals surface area contributed by atoms with Crippen molar-refractivity contribution in [3.05, 3.63) is 42.0 Å². The Morgan fingerprint density at radius 3 is 2.09 bits per heavy atom. The predicted molar refractivity (Wildman–Crippen MR) is 293 cm³/mol. The molecule has 3 heterocycles. The van der Waals surface area contributed by atoms with Crippen LogP contribution in [0.5, 0.6) is 5.75 Å². The van der Waals surface area contributed by atoms with Crippen LogP contribution in [0.3, 0.4) is 0 Å². The van der Waals surface area contributed by atoms with Gasteiger partial charge in [0.1, 0.15) is 48.1 Å². The number of cyclic esters (lactones) is 2. The van der Waals surface area contributed by atoms with E-state index in [-0.39, 0.29) is 49.6 Å². The number of likely N-dealkylation sites (tertiary alicyclic amines) is 1. The third kappa shape index (κ3) is 16.8. The average Bonchev–Trinajstić information content (AvgIpc) is 4.12. The van der Waals surface area contributed by atoms with Gasteiger partial charge in [-0.15, -0.1) is 0 Å². The van der Waals surface area contributed by atoms with Crippen molar-refractivity contribution in [1.29, 1.82) is 0 Å². The number of likely N-dealkylation sites (N-methyl/N-ethyl adjacent to an activating group) is 2. The van der Waals surface area contributed by atoms with Gasteiger partial charge in [0.15, 0.2) is 11.9 Å². The van der Waals surface area contributed by atoms with Crippen LogP contribution in [-0.4, -0.2) is 179 Å². The van der Waals surface area contributed by atoms with Gasteiger partial charge in [-0.05, 0) is 101 Å². The molecule has 21 nitrogen and oxygen atoms in total. The summed E-state index contributed by atoms with van der Waals surface area (Å²) in [5.41, 5.74) is 0.827. The second kappa shape index (κ2) is 29.2. The van der Waals surface area contributed by atoms with Gasteiger partial charge in [0, 0.05) is 39.2 Å². The highest BCUT2D eigenvalue weighted by atomic mass is 16.6. The fraction of sp³-hybridized carbons (Fsp3) is 0.690. The van der Waals surface area contributed by atoms with Crippen molar-refractivity contribution in [3.8, 4) is 5.75 Å². The number of nitrogens with zero attached hydrogens (tertiary/aromatic N) is 4. The molecule has 3 aliphatic rings. The number of ether oxygens (including phenoxy) is 3. The topological polar surface area (TPSA) is 268 Å².